The lowest BCUT2D eigenvalue weighted by molar-refractivity contribution is 0.0991. The highest BCUT2D eigenvalue weighted by atomic mass is 35.5. The Balaban J connectivity index is 2.61. The number of benzene rings is 1. The monoisotopic (exact) mass is 297 g/mol. The van der Waals surface area contributed by atoms with Gasteiger partial charge in [-0.3, -0.25) is 4.79 Å². The fraction of sp³-hybridized carbons (Fsp3) is 0.267. The number of hydrogen-bond donors (Lipinski definition) is 0. The molecule has 1 atom stereocenters. The minimum atomic E-state index is -0.661. The molecule has 0 aliphatic heterocycles. The van der Waals surface area contributed by atoms with Crippen LogP contribution in [0.5, 0.6) is 0 Å². The normalized spacial score (nSPS) is 12.5. The van der Waals surface area contributed by atoms with Crippen LogP contribution in [0.2, 0.25) is 0 Å². The maximum atomic E-state index is 13.3. The van der Waals surface area contributed by atoms with E-state index >= 15 is 0 Å². The molecule has 106 valence electrons. The number of carbonyl (C=O) groups is 1. The SMILES string of the molecule is Cc1cc(C(=O)C(C)Cl)c(C)n1-c1cc(F)cc(F)c1. The highest BCUT2D eigenvalue weighted by Gasteiger charge is 2.20. The standard InChI is InChI=1S/C15H14ClF2NO/c1-8-4-14(15(20)9(2)16)10(3)19(8)13-6-11(17)5-12(18)7-13/h4-7,9H,1-3H3. The molecule has 0 amide bonds. The Bertz CT molecular complexity index is 657. The number of ketones is 1. The van der Waals surface area contributed by atoms with Gasteiger partial charge in [0, 0.05) is 23.0 Å². The van der Waals surface area contributed by atoms with E-state index in [-0.39, 0.29) is 5.78 Å². The number of aryl methyl sites for hydroxylation is 1. The first-order valence-electron chi connectivity index (χ1n) is 6.15. The Morgan fingerprint density at radius 2 is 1.70 bits per heavy atom. The van der Waals surface area contributed by atoms with Crippen molar-refractivity contribution in [2.24, 2.45) is 0 Å². The van der Waals surface area contributed by atoms with Crippen molar-refractivity contribution in [2.75, 3.05) is 0 Å². The molecule has 20 heavy (non-hydrogen) atoms. The van der Waals surface area contributed by atoms with Gasteiger partial charge in [-0.2, -0.15) is 0 Å². The van der Waals surface area contributed by atoms with Gasteiger partial charge in [0.1, 0.15) is 11.6 Å². The lowest BCUT2D eigenvalue weighted by atomic mass is 10.1. The number of Topliss-reactive ketones (excluding diaryl/α,β-unsaturated/α-hetero) is 1. The predicted molar refractivity (Wildman–Crippen MR) is 74.8 cm³/mol. The van der Waals surface area contributed by atoms with Crippen molar-refractivity contribution in [2.45, 2.75) is 26.1 Å². The van der Waals surface area contributed by atoms with Gasteiger partial charge in [0.05, 0.1) is 11.1 Å². The summed E-state index contributed by atoms with van der Waals surface area (Å²) in [5.41, 5.74) is 2.15. The van der Waals surface area contributed by atoms with E-state index in [1.165, 1.54) is 12.1 Å². The molecule has 0 bridgehead atoms. The Morgan fingerprint density at radius 1 is 1.15 bits per heavy atom. The average Bonchev–Trinajstić information content (AvgIpc) is 2.62. The summed E-state index contributed by atoms with van der Waals surface area (Å²) in [6.45, 7) is 5.09. The van der Waals surface area contributed by atoms with Crippen LogP contribution in [0.25, 0.3) is 5.69 Å². The Hall–Kier alpha value is -1.68. The number of carbonyl (C=O) groups excluding carboxylic acids is 1. The fourth-order valence-corrected chi connectivity index (χ4v) is 2.41. The molecular weight excluding hydrogens is 284 g/mol. The summed E-state index contributed by atoms with van der Waals surface area (Å²) >= 11 is 5.81. The van der Waals surface area contributed by atoms with Gasteiger partial charge in [0.2, 0.25) is 0 Å². The van der Waals surface area contributed by atoms with E-state index in [0.29, 0.717) is 22.6 Å². The molecule has 0 saturated heterocycles. The third-order valence-corrected chi connectivity index (χ3v) is 3.36. The van der Waals surface area contributed by atoms with Crippen LogP contribution in [0, 0.1) is 25.5 Å². The van der Waals surface area contributed by atoms with Crippen LogP contribution in [0.3, 0.4) is 0 Å². The fourth-order valence-electron chi connectivity index (χ4n) is 2.29. The number of halogens is 3. The topological polar surface area (TPSA) is 22.0 Å². The van der Waals surface area contributed by atoms with E-state index in [9.17, 15) is 13.6 Å². The summed E-state index contributed by atoms with van der Waals surface area (Å²) < 4.78 is 28.3. The number of alkyl halides is 1. The van der Waals surface area contributed by atoms with Gasteiger partial charge < -0.3 is 4.57 Å². The molecule has 1 heterocycles. The summed E-state index contributed by atoms with van der Waals surface area (Å²) in [5, 5.41) is -0.645. The number of hydrogen-bond acceptors (Lipinski definition) is 1. The van der Waals surface area contributed by atoms with Crippen molar-refractivity contribution in [3.63, 3.8) is 0 Å². The molecule has 5 heteroatoms. The van der Waals surface area contributed by atoms with Crippen LogP contribution >= 0.6 is 11.6 Å². The third kappa shape index (κ3) is 2.61. The number of nitrogens with zero attached hydrogens (tertiary/aromatic N) is 1. The molecule has 0 fully saturated rings. The van der Waals surface area contributed by atoms with E-state index in [4.69, 9.17) is 11.6 Å². The van der Waals surface area contributed by atoms with Gasteiger partial charge in [-0.25, -0.2) is 8.78 Å². The molecular formula is C15H14ClF2NO. The Labute approximate surface area is 121 Å². The predicted octanol–water partition coefficient (Wildman–Crippen LogP) is 4.18. The molecule has 2 aromatic rings. The zero-order chi connectivity index (χ0) is 15.0. The molecule has 0 radical (unpaired) electrons. The van der Waals surface area contributed by atoms with E-state index < -0.39 is 17.0 Å². The van der Waals surface area contributed by atoms with Crippen molar-refractivity contribution in [3.8, 4) is 5.69 Å². The summed E-state index contributed by atoms with van der Waals surface area (Å²) in [6, 6.07) is 4.94. The minimum absolute atomic E-state index is 0.206. The second kappa shape index (κ2) is 5.37. The zero-order valence-electron chi connectivity index (χ0n) is 11.4. The molecule has 2 rings (SSSR count). The first kappa shape index (κ1) is 14.7. The molecule has 0 N–H and O–H groups in total. The van der Waals surface area contributed by atoms with Crippen molar-refractivity contribution < 1.29 is 13.6 Å². The average molecular weight is 298 g/mol. The first-order chi connectivity index (χ1) is 9.31. The van der Waals surface area contributed by atoms with Crippen molar-refractivity contribution in [1.29, 1.82) is 0 Å². The molecule has 0 spiro atoms. The van der Waals surface area contributed by atoms with Gasteiger partial charge >= 0.3 is 0 Å². The Morgan fingerprint density at radius 3 is 2.20 bits per heavy atom. The van der Waals surface area contributed by atoms with E-state index in [0.717, 1.165) is 6.07 Å². The van der Waals surface area contributed by atoms with Crippen molar-refractivity contribution in [3.05, 3.63) is 52.9 Å². The summed E-state index contributed by atoms with van der Waals surface area (Å²) in [6.07, 6.45) is 0. The number of aromatic nitrogens is 1. The van der Waals surface area contributed by atoms with Crippen LogP contribution < -0.4 is 0 Å². The van der Waals surface area contributed by atoms with E-state index in [1.54, 1.807) is 31.4 Å². The molecule has 2 nitrogen and oxygen atoms in total. The van der Waals surface area contributed by atoms with Crippen LogP contribution in [0.1, 0.15) is 28.7 Å². The highest BCUT2D eigenvalue weighted by Crippen LogP contribution is 2.24. The quantitative estimate of drug-likeness (QED) is 0.615. The number of rotatable bonds is 3. The Kier molecular flexibility index (Phi) is 3.95. The van der Waals surface area contributed by atoms with Crippen LogP contribution in [0.4, 0.5) is 8.78 Å². The van der Waals surface area contributed by atoms with Gasteiger partial charge in [-0.05, 0) is 39.0 Å². The van der Waals surface area contributed by atoms with Gasteiger partial charge in [0.25, 0.3) is 0 Å². The molecule has 1 aromatic carbocycles. The van der Waals surface area contributed by atoms with Gasteiger partial charge in [-0.1, -0.05) is 0 Å². The van der Waals surface area contributed by atoms with Crippen LogP contribution in [-0.4, -0.2) is 15.7 Å². The van der Waals surface area contributed by atoms with Gasteiger partial charge in [0.15, 0.2) is 5.78 Å². The van der Waals surface area contributed by atoms with Gasteiger partial charge in [-0.15, -0.1) is 11.6 Å². The maximum absolute atomic E-state index is 13.3. The van der Waals surface area contributed by atoms with Crippen molar-refractivity contribution in [1.82, 2.24) is 4.57 Å². The minimum Gasteiger partial charge on any atom is -0.318 e. The molecule has 1 unspecified atom stereocenters. The maximum Gasteiger partial charge on any atom is 0.182 e. The summed E-state index contributed by atoms with van der Waals surface area (Å²) in [7, 11) is 0. The van der Waals surface area contributed by atoms with E-state index in [1.807, 2.05) is 0 Å². The second-order valence-electron chi connectivity index (χ2n) is 4.73. The lowest BCUT2D eigenvalue weighted by Crippen LogP contribution is -2.11. The largest absolute Gasteiger partial charge is 0.318 e. The molecule has 1 aromatic heterocycles. The summed E-state index contributed by atoms with van der Waals surface area (Å²) in [4.78, 5) is 12.0. The van der Waals surface area contributed by atoms with Crippen molar-refractivity contribution >= 4 is 17.4 Å². The molecule has 0 aliphatic rings. The van der Waals surface area contributed by atoms with Crippen LogP contribution in [-0.2, 0) is 0 Å². The summed E-state index contributed by atoms with van der Waals surface area (Å²) in [5.74, 6) is -1.53. The molecule has 0 aliphatic carbocycles. The highest BCUT2D eigenvalue weighted by molar-refractivity contribution is 6.33. The third-order valence-electron chi connectivity index (χ3n) is 3.16. The molecule has 0 saturated carbocycles. The first-order valence-corrected chi connectivity index (χ1v) is 6.58. The smallest absolute Gasteiger partial charge is 0.182 e. The second-order valence-corrected chi connectivity index (χ2v) is 5.38. The van der Waals surface area contributed by atoms with Crippen LogP contribution in [0.15, 0.2) is 24.3 Å². The lowest BCUT2D eigenvalue weighted by Gasteiger charge is -2.10. The van der Waals surface area contributed by atoms with E-state index in [2.05, 4.69) is 0 Å². The zero-order valence-corrected chi connectivity index (χ0v) is 12.1.